The van der Waals surface area contributed by atoms with Gasteiger partial charge < -0.3 is 10.6 Å². The van der Waals surface area contributed by atoms with Gasteiger partial charge in [0.05, 0.1) is 11.4 Å². The maximum atomic E-state index is 13.7. The Bertz CT molecular complexity index is 963. The minimum absolute atomic E-state index is 0.166. The Balaban J connectivity index is 1.85. The minimum Gasteiger partial charge on any atom is -0.332 e. The summed E-state index contributed by atoms with van der Waals surface area (Å²) in [5, 5.41) is 6.32. The highest BCUT2D eigenvalue weighted by atomic mass is 35.5. The first-order valence-electron chi connectivity index (χ1n) is 7.76. The predicted octanol–water partition coefficient (Wildman–Crippen LogP) is 5.52. The molecule has 0 aliphatic carbocycles. The lowest BCUT2D eigenvalue weighted by Crippen LogP contribution is -2.21. The molecule has 130 valence electrons. The number of benzene rings is 3. The van der Waals surface area contributed by atoms with E-state index in [1.807, 2.05) is 6.07 Å². The van der Waals surface area contributed by atoms with Crippen molar-refractivity contribution in [3.8, 4) is 0 Å². The molecule has 0 aromatic heterocycles. The molecule has 3 aromatic carbocycles. The van der Waals surface area contributed by atoms with E-state index < -0.39 is 5.82 Å². The molecule has 0 radical (unpaired) electrons. The van der Waals surface area contributed by atoms with Crippen molar-refractivity contribution in [1.29, 1.82) is 0 Å². The minimum atomic E-state index is -0.423. The molecule has 0 fully saturated rings. The maximum Gasteiger partial charge on any atom is 0.195 e. The number of rotatable bonds is 4. The molecule has 6 heteroatoms. The van der Waals surface area contributed by atoms with Crippen LogP contribution < -0.4 is 10.6 Å². The summed E-state index contributed by atoms with van der Waals surface area (Å²) in [5.41, 5.74) is 1.64. The van der Waals surface area contributed by atoms with Gasteiger partial charge in [0.25, 0.3) is 0 Å². The molecular formula is C20H14ClFN2OS. The average molecular weight is 385 g/mol. The molecule has 0 heterocycles. The highest BCUT2D eigenvalue weighted by Gasteiger charge is 2.15. The molecular weight excluding hydrogens is 371 g/mol. The Hall–Kier alpha value is -2.76. The standard InChI is InChI=1S/C20H14ClFN2OS/c21-14-10-11-17(15(12-14)19(25)13-6-2-1-3-7-13)23-20(26)24-18-9-5-4-8-16(18)22/h1-12H,(H2,23,24,26). The molecule has 0 saturated heterocycles. The van der Waals surface area contributed by atoms with Crippen LogP contribution in [0.2, 0.25) is 5.02 Å². The number of carbonyl (C=O) groups is 1. The third-order valence-corrected chi connectivity index (χ3v) is 4.07. The van der Waals surface area contributed by atoms with Gasteiger partial charge in [0.2, 0.25) is 0 Å². The van der Waals surface area contributed by atoms with Crippen molar-refractivity contribution < 1.29 is 9.18 Å². The van der Waals surface area contributed by atoms with Gasteiger partial charge in [-0.1, -0.05) is 54.1 Å². The fourth-order valence-corrected chi connectivity index (χ4v) is 2.79. The average Bonchev–Trinajstić information content (AvgIpc) is 2.65. The third-order valence-electron chi connectivity index (χ3n) is 3.63. The molecule has 0 unspecified atom stereocenters. The van der Waals surface area contributed by atoms with Crippen LogP contribution in [0.3, 0.4) is 0 Å². The van der Waals surface area contributed by atoms with Crippen LogP contribution >= 0.6 is 23.8 Å². The highest BCUT2D eigenvalue weighted by molar-refractivity contribution is 7.80. The topological polar surface area (TPSA) is 41.1 Å². The summed E-state index contributed by atoms with van der Waals surface area (Å²) in [6, 6.07) is 19.9. The fraction of sp³-hybridized carbons (Fsp3) is 0. The van der Waals surface area contributed by atoms with Gasteiger partial charge in [-0.3, -0.25) is 4.79 Å². The summed E-state index contributed by atoms with van der Waals surface area (Å²) in [5.74, 6) is -0.613. The van der Waals surface area contributed by atoms with E-state index in [0.29, 0.717) is 21.8 Å². The highest BCUT2D eigenvalue weighted by Crippen LogP contribution is 2.24. The van der Waals surface area contributed by atoms with Gasteiger partial charge in [-0.15, -0.1) is 0 Å². The first-order valence-corrected chi connectivity index (χ1v) is 8.55. The zero-order chi connectivity index (χ0) is 18.5. The second-order valence-electron chi connectivity index (χ2n) is 5.44. The van der Waals surface area contributed by atoms with Crippen LogP contribution in [0.15, 0.2) is 72.8 Å². The zero-order valence-electron chi connectivity index (χ0n) is 13.5. The molecule has 0 aliphatic rings. The van der Waals surface area contributed by atoms with Crippen molar-refractivity contribution in [3.05, 3.63) is 94.8 Å². The largest absolute Gasteiger partial charge is 0.332 e. The summed E-state index contributed by atoms with van der Waals surface area (Å²) >= 11 is 11.3. The molecule has 0 amide bonds. The van der Waals surface area contributed by atoms with E-state index in [2.05, 4.69) is 10.6 Å². The van der Waals surface area contributed by atoms with Crippen LogP contribution in [0, 0.1) is 5.82 Å². The number of hydrogen-bond donors (Lipinski definition) is 2. The predicted molar refractivity (Wildman–Crippen MR) is 108 cm³/mol. The zero-order valence-corrected chi connectivity index (χ0v) is 15.1. The van der Waals surface area contributed by atoms with E-state index in [0.717, 1.165) is 0 Å². The summed E-state index contributed by atoms with van der Waals surface area (Å²) < 4.78 is 13.7. The number of hydrogen-bond acceptors (Lipinski definition) is 2. The van der Waals surface area contributed by atoms with E-state index in [1.54, 1.807) is 60.7 Å². The Kier molecular flexibility index (Phi) is 5.61. The fourth-order valence-electron chi connectivity index (χ4n) is 2.40. The van der Waals surface area contributed by atoms with E-state index in [9.17, 15) is 9.18 Å². The summed E-state index contributed by atoms with van der Waals surface area (Å²) in [6.45, 7) is 0. The van der Waals surface area contributed by atoms with E-state index in [-0.39, 0.29) is 16.6 Å². The van der Waals surface area contributed by atoms with Crippen molar-refractivity contribution >= 4 is 46.1 Å². The lowest BCUT2D eigenvalue weighted by atomic mass is 10.0. The molecule has 0 atom stereocenters. The Labute approximate surface area is 160 Å². The van der Waals surface area contributed by atoms with Crippen molar-refractivity contribution in [2.45, 2.75) is 0 Å². The smallest absolute Gasteiger partial charge is 0.195 e. The molecule has 0 saturated carbocycles. The van der Waals surface area contributed by atoms with Crippen molar-refractivity contribution in [2.24, 2.45) is 0 Å². The number of halogens is 2. The van der Waals surface area contributed by atoms with Crippen LogP contribution in [0.4, 0.5) is 15.8 Å². The molecule has 0 bridgehead atoms. The number of para-hydroxylation sites is 1. The van der Waals surface area contributed by atoms with Crippen LogP contribution in [-0.4, -0.2) is 10.9 Å². The SMILES string of the molecule is O=C(c1ccccc1)c1cc(Cl)ccc1NC(=S)Nc1ccccc1F. The first-order chi connectivity index (χ1) is 12.5. The second kappa shape index (κ2) is 8.08. The van der Waals surface area contributed by atoms with Gasteiger partial charge in [0.15, 0.2) is 10.9 Å². The van der Waals surface area contributed by atoms with Gasteiger partial charge in [-0.2, -0.15) is 0 Å². The van der Waals surface area contributed by atoms with Gasteiger partial charge >= 0.3 is 0 Å². The molecule has 3 rings (SSSR count). The molecule has 0 spiro atoms. The van der Waals surface area contributed by atoms with Gasteiger partial charge in [0, 0.05) is 16.1 Å². The summed E-state index contributed by atoms with van der Waals surface area (Å²) in [7, 11) is 0. The third kappa shape index (κ3) is 4.25. The number of ketones is 1. The van der Waals surface area contributed by atoms with E-state index in [4.69, 9.17) is 23.8 Å². The quantitative estimate of drug-likeness (QED) is 0.459. The maximum absolute atomic E-state index is 13.7. The Morgan fingerprint density at radius 1 is 0.885 bits per heavy atom. The summed E-state index contributed by atoms with van der Waals surface area (Å²) in [6.07, 6.45) is 0. The van der Waals surface area contributed by atoms with Crippen LogP contribution in [0.25, 0.3) is 0 Å². The number of carbonyl (C=O) groups excluding carboxylic acids is 1. The van der Waals surface area contributed by atoms with Gasteiger partial charge in [0.1, 0.15) is 5.82 Å². The van der Waals surface area contributed by atoms with Crippen molar-refractivity contribution in [2.75, 3.05) is 10.6 Å². The molecule has 3 nitrogen and oxygen atoms in total. The lowest BCUT2D eigenvalue weighted by Gasteiger charge is -2.14. The van der Waals surface area contributed by atoms with Crippen molar-refractivity contribution in [3.63, 3.8) is 0 Å². The van der Waals surface area contributed by atoms with Crippen molar-refractivity contribution in [1.82, 2.24) is 0 Å². The number of nitrogens with one attached hydrogen (secondary N) is 2. The van der Waals surface area contributed by atoms with Gasteiger partial charge in [-0.05, 0) is 42.5 Å². The first kappa shape index (κ1) is 18.0. The second-order valence-corrected chi connectivity index (χ2v) is 6.29. The molecule has 2 N–H and O–H groups in total. The van der Waals surface area contributed by atoms with Crippen LogP contribution in [0.1, 0.15) is 15.9 Å². The van der Waals surface area contributed by atoms with E-state index >= 15 is 0 Å². The summed E-state index contributed by atoms with van der Waals surface area (Å²) in [4.78, 5) is 12.8. The molecule has 26 heavy (non-hydrogen) atoms. The monoisotopic (exact) mass is 384 g/mol. The molecule has 0 aliphatic heterocycles. The van der Waals surface area contributed by atoms with Crippen LogP contribution in [-0.2, 0) is 0 Å². The number of anilines is 2. The van der Waals surface area contributed by atoms with Crippen LogP contribution in [0.5, 0.6) is 0 Å². The number of thiocarbonyl (C=S) groups is 1. The van der Waals surface area contributed by atoms with E-state index in [1.165, 1.54) is 6.07 Å². The molecule has 3 aromatic rings. The Morgan fingerprint density at radius 2 is 1.54 bits per heavy atom. The Morgan fingerprint density at radius 3 is 2.27 bits per heavy atom. The lowest BCUT2D eigenvalue weighted by molar-refractivity contribution is 0.103. The van der Waals surface area contributed by atoms with Gasteiger partial charge in [-0.25, -0.2) is 4.39 Å². The normalized spacial score (nSPS) is 10.2.